The number of hydrogen-bond donors (Lipinski definition) is 0. The van der Waals surface area contributed by atoms with Crippen molar-refractivity contribution in [3.8, 4) is 11.8 Å². The molecule has 0 N–H and O–H groups in total. The molecular formula is C27H47NO2. The highest BCUT2D eigenvalue weighted by molar-refractivity contribution is 5.75. The van der Waals surface area contributed by atoms with E-state index in [4.69, 9.17) is 4.84 Å². The summed E-state index contributed by atoms with van der Waals surface area (Å²) in [4.78, 5) is 17.4. The van der Waals surface area contributed by atoms with Gasteiger partial charge in [-0.3, -0.25) is 9.63 Å². The fourth-order valence-electron chi connectivity index (χ4n) is 5.13. The van der Waals surface area contributed by atoms with E-state index in [1.165, 1.54) is 114 Å². The second kappa shape index (κ2) is 15.7. The van der Waals surface area contributed by atoms with Crippen molar-refractivity contribution in [1.82, 2.24) is 5.06 Å². The van der Waals surface area contributed by atoms with Crippen LogP contribution in [0.3, 0.4) is 0 Å². The Morgan fingerprint density at radius 2 is 1.10 bits per heavy atom. The largest absolute Gasteiger partial charge is 0.275 e. The monoisotopic (exact) mass is 417 g/mol. The van der Waals surface area contributed by atoms with Gasteiger partial charge in [-0.05, 0) is 44.4 Å². The molecule has 2 fully saturated rings. The van der Waals surface area contributed by atoms with E-state index in [2.05, 4.69) is 11.8 Å². The molecule has 2 aliphatic carbocycles. The third kappa shape index (κ3) is 10.9. The molecule has 0 bridgehead atoms. The van der Waals surface area contributed by atoms with Gasteiger partial charge < -0.3 is 0 Å². The van der Waals surface area contributed by atoms with Crippen LogP contribution in [0, 0.1) is 29.6 Å². The molecular weight excluding hydrogens is 370 g/mol. The predicted octanol–water partition coefficient (Wildman–Crippen LogP) is 7.30. The molecule has 2 rings (SSSR count). The summed E-state index contributed by atoms with van der Waals surface area (Å²) in [5.74, 6) is 9.31. The molecule has 1 amide bonds. The van der Waals surface area contributed by atoms with Crippen molar-refractivity contribution < 1.29 is 9.63 Å². The first-order valence-corrected chi connectivity index (χ1v) is 13.0. The van der Waals surface area contributed by atoms with Gasteiger partial charge in [-0.1, -0.05) is 88.9 Å². The van der Waals surface area contributed by atoms with Crippen LogP contribution in [0.1, 0.15) is 122 Å². The number of carbonyl (C=O) groups is 1. The predicted molar refractivity (Wildman–Crippen MR) is 126 cm³/mol. The number of nitrogens with zero attached hydrogens (tertiary/aromatic N) is 1. The molecule has 0 aromatic heterocycles. The topological polar surface area (TPSA) is 29.5 Å². The highest BCUT2D eigenvalue weighted by Gasteiger charge is 2.18. The lowest BCUT2D eigenvalue weighted by atomic mass is 9.89. The average Bonchev–Trinajstić information content (AvgIpc) is 2.81. The minimum Gasteiger partial charge on any atom is -0.275 e. The lowest BCUT2D eigenvalue weighted by Gasteiger charge is -2.20. The first-order chi connectivity index (χ1) is 14.7. The van der Waals surface area contributed by atoms with Gasteiger partial charge >= 0.3 is 0 Å². The Morgan fingerprint density at radius 3 is 1.60 bits per heavy atom. The maximum atomic E-state index is 12.3. The smallest absolute Gasteiger partial charge is 0.246 e. The van der Waals surface area contributed by atoms with E-state index in [9.17, 15) is 4.79 Å². The van der Waals surface area contributed by atoms with Crippen LogP contribution in [0.2, 0.25) is 0 Å². The molecule has 0 aliphatic heterocycles. The Labute approximate surface area is 186 Å². The fraction of sp³-hybridized carbons (Fsp3) is 0.889. The molecule has 3 nitrogen and oxygen atoms in total. The maximum Gasteiger partial charge on any atom is 0.246 e. The zero-order chi connectivity index (χ0) is 21.4. The highest BCUT2D eigenvalue weighted by Crippen LogP contribution is 2.27. The number of hydroxylamine groups is 2. The van der Waals surface area contributed by atoms with E-state index >= 15 is 0 Å². The normalized spacial score (nSPS) is 25.9. The minimum atomic E-state index is 0.115. The van der Waals surface area contributed by atoms with Crippen molar-refractivity contribution in [2.75, 3.05) is 14.2 Å². The summed E-state index contributed by atoms with van der Waals surface area (Å²) >= 11 is 0. The van der Waals surface area contributed by atoms with Crippen molar-refractivity contribution in [2.24, 2.45) is 17.8 Å². The minimum absolute atomic E-state index is 0.115. The summed E-state index contributed by atoms with van der Waals surface area (Å²) in [5, 5.41) is 1.39. The van der Waals surface area contributed by atoms with E-state index in [0.717, 1.165) is 6.42 Å². The van der Waals surface area contributed by atoms with Gasteiger partial charge in [0.1, 0.15) is 0 Å². The Bertz CT molecular complexity index is 511. The van der Waals surface area contributed by atoms with Gasteiger partial charge in [0.25, 0.3) is 0 Å². The van der Waals surface area contributed by atoms with Crippen LogP contribution in [-0.4, -0.2) is 25.1 Å². The molecule has 2 atom stereocenters. The van der Waals surface area contributed by atoms with E-state index in [1.54, 1.807) is 14.2 Å². The van der Waals surface area contributed by atoms with Gasteiger partial charge in [0.15, 0.2) is 0 Å². The molecule has 0 saturated heterocycles. The molecule has 0 spiro atoms. The summed E-state index contributed by atoms with van der Waals surface area (Å²) in [5.41, 5.74) is 0. The molecule has 2 aliphatic rings. The van der Waals surface area contributed by atoms with Gasteiger partial charge in [0, 0.05) is 25.3 Å². The number of carbonyl (C=O) groups excluding carboxylic acids is 1. The SMILES string of the molecule is CON(C)C(=O)CC1CCCCCCC(C#CC2CCCCCCCCC2)CCC1. The standard InChI is InChI=1S/C27H47NO2/c1-28(30-2)27(29)23-26-18-13-9-8-12-17-25(19-14-20-26)22-21-24-15-10-6-4-3-5-7-11-16-24/h24-26H,3-20,23H2,1-2H3. The number of amides is 1. The first-order valence-electron chi connectivity index (χ1n) is 13.0. The van der Waals surface area contributed by atoms with Crippen molar-refractivity contribution in [2.45, 2.75) is 122 Å². The molecule has 30 heavy (non-hydrogen) atoms. The van der Waals surface area contributed by atoms with Crippen LogP contribution in [-0.2, 0) is 9.63 Å². The summed E-state index contributed by atoms with van der Waals surface area (Å²) in [6, 6.07) is 0. The van der Waals surface area contributed by atoms with Crippen LogP contribution in [0.15, 0.2) is 0 Å². The van der Waals surface area contributed by atoms with Crippen molar-refractivity contribution in [3.05, 3.63) is 0 Å². The van der Waals surface area contributed by atoms with Crippen LogP contribution >= 0.6 is 0 Å². The molecule has 0 heterocycles. The van der Waals surface area contributed by atoms with Crippen LogP contribution < -0.4 is 0 Å². The van der Waals surface area contributed by atoms with Crippen molar-refractivity contribution in [3.63, 3.8) is 0 Å². The second-order valence-electron chi connectivity index (χ2n) is 9.80. The zero-order valence-corrected chi connectivity index (χ0v) is 19.9. The molecule has 2 saturated carbocycles. The highest BCUT2D eigenvalue weighted by atomic mass is 16.7. The second-order valence-corrected chi connectivity index (χ2v) is 9.80. The Hall–Kier alpha value is -1.01. The quantitative estimate of drug-likeness (QED) is 0.356. The first kappa shape index (κ1) is 25.3. The van der Waals surface area contributed by atoms with Crippen LogP contribution in [0.25, 0.3) is 0 Å². The molecule has 0 aromatic rings. The number of hydrogen-bond acceptors (Lipinski definition) is 2. The van der Waals surface area contributed by atoms with Crippen LogP contribution in [0.5, 0.6) is 0 Å². The summed E-state index contributed by atoms with van der Waals surface area (Å²) < 4.78 is 0. The summed E-state index contributed by atoms with van der Waals surface area (Å²) in [6.45, 7) is 0. The van der Waals surface area contributed by atoms with Crippen molar-refractivity contribution in [1.29, 1.82) is 0 Å². The third-order valence-electron chi connectivity index (χ3n) is 7.27. The molecule has 2 unspecified atom stereocenters. The Kier molecular flexibility index (Phi) is 13.3. The summed E-state index contributed by atoms with van der Waals surface area (Å²) in [6.07, 6.45) is 24.3. The van der Waals surface area contributed by atoms with Gasteiger partial charge in [-0.2, -0.15) is 0 Å². The van der Waals surface area contributed by atoms with Gasteiger partial charge in [-0.25, -0.2) is 5.06 Å². The van der Waals surface area contributed by atoms with E-state index in [0.29, 0.717) is 24.2 Å². The lowest BCUT2D eigenvalue weighted by molar-refractivity contribution is -0.169. The van der Waals surface area contributed by atoms with E-state index in [1.807, 2.05) is 0 Å². The maximum absolute atomic E-state index is 12.3. The van der Waals surface area contributed by atoms with Crippen LogP contribution in [0.4, 0.5) is 0 Å². The Morgan fingerprint density at radius 1 is 0.700 bits per heavy atom. The lowest BCUT2D eigenvalue weighted by Crippen LogP contribution is -2.27. The van der Waals surface area contributed by atoms with E-state index < -0.39 is 0 Å². The fourth-order valence-corrected chi connectivity index (χ4v) is 5.13. The van der Waals surface area contributed by atoms with Gasteiger partial charge in [0.2, 0.25) is 5.91 Å². The average molecular weight is 418 g/mol. The molecule has 0 aromatic carbocycles. The van der Waals surface area contributed by atoms with E-state index in [-0.39, 0.29) is 5.91 Å². The zero-order valence-electron chi connectivity index (χ0n) is 19.9. The van der Waals surface area contributed by atoms with Gasteiger partial charge in [-0.15, -0.1) is 0 Å². The molecule has 0 radical (unpaired) electrons. The van der Waals surface area contributed by atoms with Gasteiger partial charge in [0.05, 0.1) is 7.11 Å². The molecule has 172 valence electrons. The number of rotatable bonds is 3. The molecule has 3 heteroatoms. The summed E-state index contributed by atoms with van der Waals surface area (Å²) in [7, 11) is 3.29. The Balaban J connectivity index is 1.87. The van der Waals surface area contributed by atoms with Crippen molar-refractivity contribution >= 4 is 5.91 Å². The third-order valence-corrected chi connectivity index (χ3v) is 7.27.